The van der Waals surface area contributed by atoms with E-state index in [1.807, 2.05) is 12.1 Å². The van der Waals surface area contributed by atoms with Gasteiger partial charge >= 0.3 is 0 Å². The van der Waals surface area contributed by atoms with Crippen LogP contribution in [-0.4, -0.2) is 0 Å². The quantitative estimate of drug-likeness (QED) is 0.284. The largest absolute Gasteiger partial charge is 0.399 e. The summed E-state index contributed by atoms with van der Waals surface area (Å²) in [5.41, 5.74) is 19.8. The zero-order valence-electron chi connectivity index (χ0n) is 17.5. The van der Waals surface area contributed by atoms with E-state index in [9.17, 15) is 0 Å². The number of hydrogen-bond acceptors (Lipinski definition) is 1. The molecule has 0 radical (unpaired) electrons. The smallest absolute Gasteiger partial charge is 0.0731 e. The van der Waals surface area contributed by atoms with Crippen LogP contribution in [-0.2, 0) is 5.41 Å². The van der Waals surface area contributed by atoms with Crippen molar-refractivity contribution in [2.24, 2.45) is 0 Å². The fourth-order valence-electron chi connectivity index (χ4n) is 6.06. The van der Waals surface area contributed by atoms with Gasteiger partial charge < -0.3 is 5.73 Å². The molecular weight excluding hydrogens is 386 g/mol. The second-order valence-electron chi connectivity index (χ2n) is 8.74. The summed E-state index contributed by atoms with van der Waals surface area (Å²) in [6.07, 6.45) is 0. The van der Waals surface area contributed by atoms with Gasteiger partial charge in [0.15, 0.2) is 0 Å². The highest BCUT2D eigenvalue weighted by molar-refractivity contribution is 5.98. The molecule has 5 aromatic carbocycles. The highest BCUT2D eigenvalue weighted by Gasteiger charge is 2.52. The Balaban J connectivity index is 1.69. The summed E-state index contributed by atoms with van der Waals surface area (Å²) in [7, 11) is 0. The maximum absolute atomic E-state index is 6.03. The molecule has 2 aliphatic rings. The molecule has 32 heavy (non-hydrogen) atoms. The summed E-state index contributed by atoms with van der Waals surface area (Å²) < 4.78 is 0. The van der Waals surface area contributed by atoms with Crippen LogP contribution in [0, 0.1) is 0 Å². The van der Waals surface area contributed by atoms with Crippen LogP contribution in [0.25, 0.3) is 33.4 Å². The molecule has 0 amide bonds. The Hall–Kier alpha value is -4.10. The number of benzene rings is 5. The van der Waals surface area contributed by atoms with Crippen molar-refractivity contribution in [1.29, 1.82) is 0 Å². The first kappa shape index (κ1) is 17.6. The maximum atomic E-state index is 6.03. The zero-order chi connectivity index (χ0) is 21.3. The summed E-state index contributed by atoms with van der Waals surface area (Å²) in [5, 5.41) is 0. The lowest BCUT2D eigenvalue weighted by atomic mass is 9.68. The third kappa shape index (κ3) is 2.03. The molecule has 1 nitrogen and oxygen atoms in total. The third-order valence-electron chi connectivity index (χ3n) is 7.23. The monoisotopic (exact) mass is 407 g/mol. The first-order chi connectivity index (χ1) is 15.8. The molecule has 0 bridgehead atoms. The first-order valence-electron chi connectivity index (χ1n) is 11.1. The lowest BCUT2D eigenvalue weighted by Gasteiger charge is -2.32. The predicted molar refractivity (Wildman–Crippen MR) is 133 cm³/mol. The van der Waals surface area contributed by atoms with Gasteiger partial charge in [-0.3, -0.25) is 0 Å². The summed E-state index contributed by atoms with van der Waals surface area (Å²) in [4.78, 5) is 0. The van der Waals surface area contributed by atoms with Crippen LogP contribution < -0.4 is 5.73 Å². The minimum Gasteiger partial charge on any atom is -0.399 e. The summed E-state index contributed by atoms with van der Waals surface area (Å²) in [6.45, 7) is 0. The molecule has 0 heterocycles. The molecule has 0 aliphatic heterocycles. The number of nitrogen functional groups attached to an aromatic ring is 1. The molecular formula is C31H21N. The van der Waals surface area contributed by atoms with Crippen molar-refractivity contribution < 1.29 is 0 Å². The van der Waals surface area contributed by atoms with E-state index in [1.165, 1.54) is 55.6 Å². The predicted octanol–water partition coefficient (Wildman–Crippen LogP) is 7.28. The van der Waals surface area contributed by atoms with Gasteiger partial charge in [-0.05, 0) is 67.8 Å². The second kappa shape index (κ2) is 6.21. The summed E-state index contributed by atoms with van der Waals surface area (Å²) in [6, 6.07) is 41.8. The highest BCUT2D eigenvalue weighted by Crippen LogP contribution is 2.64. The van der Waals surface area contributed by atoms with E-state index in [-0.39, 0.29) is 5.41 Å². The fourth-order valence-corrected chi connectivity index (χ4v) is 6.06. The topological polar surface area (TPSA) is 26.0 Å². The Labute approximate surface area is 187 Å². The molecule has 2 N–H and O–H groups in total. The highest BCUT2D eigenvalue weighted by atomic mass is 14.5. The Morgan fingerprint density at radius 2 is 0.844 bits per heavy atom. The van der Waals surface area contributed by atoms with Gasteiger partial charge in [0.05, 0.1) is 5.41 Å². The number of hydrogen-bond donors (Lipinski definition) is 1. The molecule has 7 rings (SSSR count). The molecule has 2 aliphatic carbocycles. The number of rotatable bonds is 1. The molecule has 1 spiro atoms. The van der Waals surface area contributed by atoms with Crippen LogP contribution in [0.5, 0.6) is 0 Å². The molecule has 0 atom stereocenters. The maximum Gasteiger partial charge on any atom is 0.0731 e. The molecule has 0 aromatic heterocycles. The number of anilines is 1. The minimum absolute atomic E-state index is 0.322. The lowest BCUT2D eigenvalue weighted by molar-refractivity contribution is 0.796. The van der Waals surface area contributed by atoms with Gasteiger partial charge in [-0.25, -0.2) is 0 Å². The van der Waals surface area contributed by atoms with Crippen LogP contribution in [0.4, 0.5) is 5.69 Å². The normalized spacial score (nSPS) is 14.0. The van der Waals surface area contributed by atoms with Gasteiger partial charge in [0.1, 0.15) is 0 Å². The number of nitrogens with two attached hydrogens (primary N) is 1. The van der Waals surface area contributed by atoms with Crippen molar-refractivity contribution in [2.45, 2.75) is 5.41 Å². The van der Waals surface area contributed by atoms with Crippen LogP contribution in [0.15, 0.2) is 115 Å². The van der Waals surface area contributed by atoms with E-state index in [0.717, 1.165) is 5.69 Å². The summed E-state index contributed by atoms with van der Waals surface area (Å²) >= 11 is 0. The van der Waals surface area contributed by atoms with Gasteiger partial charge in [0.25, 0.3) is 0 Å². The van der Waals surface area contributed by atoms with E-state index < -0.39 is 0 Å². The van der Waals surface area contributed by atoms with Crippen molar-refractivity contribution in [3.05, 3.63) is 138 Å². The van der Waals surface area contributed by atoms with Gasteiger partial charge in [-0.1, -0.05) is 103 Å². The van der Waals surface area contributed by atoms with E-state index in [2.05, 4.69) is 103 Å². The minimum atomic E-state index is -0.322. The lowest BCUT2D eigenvalue weighted by Crippen LogP contribution is -2.26. The average Bonchev–Trinajstić information content (AvgIpc) is 3.32. The summed E-state index contributed by atoms with van der Waals surface area (Å²) in [5.74, 6) is 0. The molecule has 1 heteroatoms. The average molecular weight is 408 g/mol. The third-order valence-corrected chi connectivity index (χ3v) is 7.23. The van der Waals surface area contributed by atoms with Crippen molar-refractivity contribution in [3.63, 3.8) is 0 Å². The van der Waals surface area contributed by atoms with Gasteiger partial charge in [0.2, 0.25) is 0 Å². The van der Waals surface area contributed by atoms with Gasteiger partial charge in [0, 0.05) is 5.69 Å². The van der Waals surface area contributed by atoms with E-state index in [4.69, 9.17) is 5.73 Å². The first-order valence-corrected chi connectivity index (χ1v) is 11.1. The van der Waals surface area contributed by atoms with E-state index in [1.54, 1.807) is 0 Å². The van der Waals surface area contributed by atoms with E-state index >= 15 is 0 Å². The van der Waals surface area contributed by atoms with Crippen LogP contribution in [0.3, 0.4) is 0 Å². The Bertz CT molecular complexity index is 1460. The molecule has 0 saturated carbocycles. The second-order valence-corrected chi connectivity index (χ2v) is 8.74. The molecule has 5 aromatic rings. The number of fused-ring (bicyclic) bond motifs is 10. The van der Waals surface area contributed by atoms with Crippen molar-refractivity contribution in [2.75, 3.05) is 5.73 Å². The zero-order valence-corrected chi connectivity index (χ0v) is 17.5. The Morgan fingerprint density at radius 3 is 1.41 bits per heavy atom. The molecule has 0 saturated heterocycles. The van der Waals surface area contributed by atoms with Gasteiger partial charge in [-0.15, -0.1) is 0 Å². The SMILES string of the molecule is Nc1ccc(-c2cccc3c2C2(c4ccccc4-c4ccccc42)c2ccccc2-3)cc1. The van der Waals surface area contributed by atoms with Crippen molar-refractivity contribution in [1.82, 2.24) is 0 Å². The fraction of sp³-hybridized carbons (Fsp3) is 0.0323. The van der Waals surface area contributed by atoms with Crippen LogP contribution in [0.2, 0.25) is 0 Å². The molecule has 0 fully saturated rings. The Kier molecular flexibility index (Phi) is 3.41. The van der Waals surface area contributed by atoms with Crippen LogP contribution in [0.1, 0.15) is 22.3 Å². The van der Waals surface area contributed by atoms with Crippen LogP contribution >= 0.6 is 0 Å². The van der Waals surface area contributed by atoms with E-state index in [0.29, 0.717) is 0 Å². The van der Waals surface area contributed by atoms with Gasteiger partial charge in [-0.2, -0.15) is 0 Å². The van der Waals surface area contributed by atoms with Crippen molar-refractivity contribution in [3.8, 4) is 33.4 Å². The standard InChI is InChI=1S/C31H21N/c32-21-18-16-20(17-19-21)22-11-7-12-26-25-10-3-6-15-29(25)31(30(22)26)27-13-4-1-8-23(27)24-9-2-5-14-28(24)31/h1-19H,32H2. The molecule has 0 unspecified atom stereocenters. The Morgan fingerprint density at radius 1 is 0.406 bits per heavy atom. The van der Waals surface area contributed by atoms with Crippen molar-refractivity contribution >= 4 is 5.69 Å². The molecule has 150 valence electrons.